The molecule has 9 heteroatoms. The molecule has 2 N–H and O–H groups in total. The second-order valence-electron chi connectivity index (χ2n) is 9.52. The van der Waals surface area contributed by atoms with Gasteiger partial charge in [-0.05, 0) is 59.9 Å². The fraction of sp³-hybridized carbons (Fsp3) is 0.267. The maximum atomic E-state index is 13.0. The van der Waals surface area contributed by atoms with Gasteiger partial charge in [0.2, 0.25) is 0 Å². The molecule has 4 rings (SSSR count). The summed E-state index contributed by atoms with van der Waals surface area (Å²) < 4.78 is 49.8. The molecule has 1 aliphatic carbocycles. The largest absolute Gasteiger partial charge is 0.479 e. The molecule has 0 saturated heterocycles. The third-order valence-electron chi connectivity index (χ3n) is 6.22. The lowest BCUT2D eigenvalue weighted by Gasteiger charge is -2.20. The molecule has 39 heavy (non-hydrogen) atoms. The number of hydrogen-bond acceptors (Lipinski definition) is 4. The molecule has 0 heterocycles. The third kappa shape index (κ3) is 7.06. The normalized spacial score (nSPS) is 15.4. The zero-order valence-electron chi connectivity index (χ0n) is 21.4. The van der Waals surface area contributed by atoms with E-state index in [9.17, 15) is 27.9 Å². The Morgan fingerprint density at radius 3 is 2.41 bits per heavy atom. The quantitative estimate of drug-likeness (QED) is 0.323. The highest BCUT2D eigenvalue weighted by Crippen LogP contribution is 2.40. The highest BCUT2D eigenvalue weighted by atomic mass is 19.4. The van der Waals surface area contributed by atoms with Crippen LogP contribution in [0.1, 0.15) is 53.1 Å². The van der Waals surface area contributed by atoms with Crippen LogP contribution in [0.4, 0.5) is 18.0 Å². The number of carboxylic acid groups (broad SMARTS) is 1. The Bertz CT molecular complexity index is 1380. The summed E-state index contributed by atoms with van der Waals surface area (Å²) in [5.41, 5.74) is 3.36. The molecule has 3 aromatic rings. The molecule has 6 nitrogen and oxygen atoms in total. The summed E-state index contributed by atoms with van der Waals surface area (Å²) in [7, 11) is 0. The van der Waals surface area contributed by atoms with Crippen molar-refractivity contribution in [3.05, 3.63) is 112 Å². The molecule has 1 amide bonds. The number of alkyl halides is 3. The number of alkyl carbamates (subject to hydrolysis) is 1. The van der Waals surface area contributed by atoms with Crippen LogP contribution in [0.5, 0.6) is 0 Å². The van der Waals surface area contributed by atoms with Gasteiger partial charge in [0.15, 0.2) is 6.10 Å². The predicted molar refractivity (Wildman–Crippen MR) is 139 cm³/mol. The zero-order valence-corrected chi connectivity index (χ0v) is 21.4. The third-order valence-corrected chi connectivity index (χ3v) is 6.22. The van der Waals surface area contributed by atoms with Crippen molar-refractivity contribution in [2.75, 3.05) is 0 Å². The second-order valence-corrected chi connectivity index (χ2v) is 9.52. The van der Waals surface area contributed by atoms with Crippen LogP contribution in [0.25, 0.3) is 6.08 Å². The topological polar surface area (TPSA) is 84.9 Å². The van der Waals surface area contributed by atoms with E-state index in [0.717, 1.165) is 34.4 Å². The lowest BCUT2D eigenvalue weighted by Crippen LogP contribution is -2.29. The first-order chi connectivity index (χ1) is 18.5. The minimum atomic E-state index is -4.49. The molecule has 0 fully saturated rings. The van der Waals surface area contributed by atoms with E-state index in [1.165, 1.54) is 12.1 Å². The number of amides is 1. The van der Waals surface area contributed by atoms with Crippen LogP contribution in [0.2, 0.25) is 0 Å². The van der Waals surface area contributed by atoms with Gasteiger partial charge in [-0.2, -0.15) is 13.2 Å². The molecule has 0 aromatic heterocycles. The fourth-order valence-corrected chi connectivity index (χ4v) is 4.57. The van der Waals surface area contributed by atoms with Gasteiger partial charge in [-0.3, -0.25) is 5.32 Å². The van der Waals surface area contributed by atoms with Gasteiger partial charge in [0.1, 0.15) is 6.61 Å². The van der Waals surface area contributed by atoms with E-state index in [-0.39, 0.29) is 30.6 Å². The summed E-state index contributed by atoms with van der Waals surface area (Å²) in [5, 5.41) is 12.3. The van der Waals surface area contributed by atoms with Crippen molar-refractivity contribution in [2.45, 2.75) is 51.2 Å². The van der Waals surface area contributed by atoms with Gasteiger partial charge in [0.05, 0.1) is 11.7 Å². The average molecular weight is 540 g/mol. The van der Waals surface area contributed by atoms with E-state index in [4.69, 9.17) is 9.47 Å². The molecule has 0 bridgehead atoms. The van der Waals surface area contributed by atoms with Gasteiger partial charge in [0.25, 0.3) is 0 Å². The van der Waals surface area contributed by atoms with E-state index < -0.39 is 29.9 Å². The van der Waals surface area contributed by atoms with Crippen LogP contribution in [-0.4, -0.2) is 29.4 Å². The van der Waals surface area contributed by atoms with Crippen LogP contribution in [0, 0.1) is 0 Å². The molecular formula is C30H28F3NO5. The van der Waals surface area contributed by atoms with Gasteiger partial charge in [-0.1, -0.05) is 60.7 Å². The standard InChI is InChI=1S/C30H28F3NO5/c1-18(2)39-26(28(35)36)15-19-7-5-10-22(13-19)27-24-12-4-3-9-21(24)16-25(27)34-29(37)38-17-20-8-6-11-23(14-20)30(31,32)33/h3-14,16,18,26-27H,15,17H2,1-2H3,(H,34,37)(H,35,36)/t26-,27?/m0/s1. The molecule has 2 atom stereocenters. The summed E-state index contributed by atoms with van der Waals surface area (Å²) in [6, 6.07) is 19.6. The Morgan fingerprint density at radius 1 is 0.974 bits per heavy atom. The van der Waals surface area contributed by atoms with Crippen molar-refractivity contribution < 1.29 is 37.3 Å². The van der Waals surface area contributed by atoms with Crippen LogP contribution in [0.15, 0.2) is 78.5 Å². The average Bonchev–Trinajstić information content (AvgIpc) is 3.24. The van der Waals surface area contributed by atoms with E-state index >= 15 is 0 Å². The Morgan fingerprint density at radius 2 is 1.69 bits per heavy atom. The minimum absolute atomic E-state index is 0.168. The van der Waals surface area contributed by atoms with Gasteiger partial charge >= 0.3 is 18.2 Å². The first kappa shape index (κ1) is 27.9. The molecule has 0 aliphatic heterocycles. The highest BCUT2D eigenvalue weighted by Gasteiger charge is 2.31. The smallest absolute Gasteiger partial charge is 0.416 e. The van der Waals surface area contributed by atoms with Crippen molar-refractivity contribution in [3.8, 4) is 0 Å². The molecule has 0 spiro atoms. The Hall–Kier alpha value is -4.11. The fourth-order valence-electron chi connectivity index (χ4n) is 4.57. The molecule has 204 valence electrons. The van der Waals surface area contributed by atoms with Gasteiger partial charge in [-0.15, -0.1) is 0 Å². The number of aliphatic carboxylic acids is 1. The molecular weight excluding hydrogens is 511 g/mol. The SMILES string of the molecule is CC(C)O[C@@H](Cc1cccc(C2C(NC(=O)OCc3cccc(C(F)(F)F)c3)=Cc3ccccc32)c1)C(=O)O. The summed E-state index contributed by atoms with van der Waals surface area (Å²) in [6.07, 6.45) is -4.57. The Kier molecular flexibility index (Phi) is 8.40. The minimum Gasteiger partial charge on any atom is -0.479 e. The number of ether oxygens (including phenoxy) is 2. The summed E-state index contributed by atoms with van der Waals surface area (Å²) >= 11 is 0. The summed E-state index contributed by atoms with van der Waals surface area (Å²) in [4.78, 5) is 24.4. The van der Waals surface area contributed by atoms with Crippen LogP contribution in [0.3, 0.4) is 0 Å². The number of carboxylic acids is 1. The lowest BCUT2D eigenvalue weighted by molar-refractivity contribution is -0.153. The van der Waals surface area contributed by atoms with Crippen LogP contribution < -0.4 is 5.32 Å². The first-order valence-electron chi connectivity index (χ1n) is 12.4. The molecule has 1 unspecified atom stereocenters. The molecule has 0 saturated carbocycles. The first-order valence-corrected chi connectivity index (χ1v) is 12.4. The lowest BCUT2D eigenvalue weighted by atomic mass is 9.89. The van der Waals surface area contributed by atoms with Crippen molar-refractivity contribution in [2.24, 2.45) is 0 Å². The number of carbonyl (C=O) groups is 2. The maximum Gasteiger partial charge on any atom is 0.416 e. The van der Waals surface area contributed by atoms with Gasteiger partial charge in [-0.25, -0.2) is 9.59 Å². The number of nitrogens with one attached hydrogen (secondary N) is 1. The van der Waals surface area contributed by atoms with E-state index in [1.807, 2.05) is 54.6 Å². The molecule has 1 aliphatic rings. The van der Waals surface area contributed by atoms with Crippen LogP contribution in [-0.2, 0) is 33.5 Å². The Balaban J connectivity index is 1.52. The summed E-state index contributed by atoms with van der Waals surface area (Å²) in [6.45, 7) is 3.22. The highest BCUT2D eigenvalue weighted by molar-refractivity contribution is 5.77. The van der Waals surface area contributed by atoms with Crippen molar-refractivity contribution in [3.63, 3.8) is 0 Å². The number of carbonyl (C=O) groups excluding carboxylic acids is 1. The Labute approximate surface area is 224 Å². The van der Waals surface area contributed by atoms with Crippen molar-refractivity contribution in [1.29, 1.82) is 0 Å². The monoisotopic (exact) mass is 539 g/mol. The van der Waals surface area contributed by atoms with Crippen LogP contribution >= 0.6 is 0 Å². The van der Waals surface area contributed by atoms with Gasteiger partial charge in [0, 0.05) is 18.0 Å². The predicted octanol–water partition coefficient (Wildman–Crippen LogP) is 6.54. The number of rotatable bonds is 9. The number of allylic oxidation sites excluding steroid dienone is 1. The van der Waals surface area contributed by atoms with Crippen molar-refractivity contribution in [1.82, 2.24) is 5.32 Å². The maximum absolute atomic E-state index is 13.0. The van der Waals surface area contributed by atoms with Crippen molar-refractivity contribution >= 4 is 18.1 Å². The second kappa shape index (κ2) is 11.7. The van der Waals surface area contributed by atoms with E-state index in [0.29, 0.717) is 5.70 Å². The zero-order chi connectivity index (χ0) is 28.2. The number of fused-ring (bicyclic) bond motifs is 1. The molecule has 3 aromatic carbocycles. The van der Waals surface area contributed by atoms with Gasteiger partial charge < -0.3 is 14.6 Å². The number of benzene rings is 3. The van der Waals surface area contributed by atoms with E-state index in [1.54, 1.807) is 13.8 Å². The van der Waals surface area contributed by atoms with E-state index in [2.05, 4.69) is 5.32 Å². The number of halogens is 3. The number of hydrogen-bond donors (Lipinski definition) is 2. The molecule has 0 radical (unpaired) electrons. The summed E-state index contributed by atoms with van der Waals surface area (Å²) in [5.74, 6) is -1.41.